The molecule has 1 N–H and O–H groups in total. The molecule has 8 heteroatoms. The van der Waals surface area contributed by atoms with Crippen LogP contribution in [-0.2, 0) is 20.9 Å². The van der Waals surface area contributed by atoms with Gasteiger partial charge in [0.1, 0.15) is 5.58 Å². The molecular weight excluding hydrogens is 372 g/mol. The van der Waals surface area contributed by atoms with Crippen molar-refractivity contribution in [1.29, 1.82) is 0 Å². The summed E-state index contributed by atoms with van der Waals surface area (Å²) in [4.78, 5) is 28.7. The minimum atomic E-state index is -1.07. The maximum Gasteiger partial charge on any atom is 0.375 e. The number of aromatic nitrogens is 1. The largest absolute Gasteiger partial charge is 0.449 e. The van der Waals surface area contributed by atoms with E-state index in [-0.39, 0.29) is 17.5 Å². The van der Waals surface area contributed by atoms with Crippen molar-refractivity contribution in [2.75, 3.05) is 12.4 Å². The Morgan fingerprint density at radius 2 is 2.04 bits per heavy atom. The van der Waals surface area contributed by atoms with Gasteiger partial charge in [-0.3, -0.25) is 4.79 Å². The third-order valence-electron chi connectivity index (χ3n) is 3.84. The Hall–Kier alpha value is -2.90. The molecule has 0 aliphatic rings. The number of furan rings is 1. The van der Waals surface area contributed by atoms with Crippen molar-refractivity contribution < 1.29 is 23.5 Å². The summed E-state index contributed by atoms with van der Waals surface area (Å²) in [5, 5.41) is 3.47. The quantitative estimate of drug-likeness (QED) is 0.510. The number of nitrogens with one attached hydrogen (secondary N) is 1. The molecule has 0 fully saturated rings. The minimum Gasteiger partial charge on any atom is -0.449 e. The molecule has 140 valence electrons. The first-order valence-corrected chi connectivity index (χ1v) is 8.50. The van der Waals surface area contributed by atoms with Gasteiger partial charge in [0.25, 0.3) is 5.91 Å². The van der Waals surface area contributed by atoms with Gasteiger partial charge in [0, 0.05) is 24.3 Å². The maximum absolute atomic E-state index is 12.6. The molecule has 0 aliphatic heterocycles. The topological polar surface area (TPSA) is 90.7 Å². The normalized spacial score (nSPS) is 12.0. The number of hydrogen-bond acceptors (Lipinski definition) is 6. The highest BCUT2D eigenvalue weighted by atomic mass is 35.5. The summed E-state index contributed by atoms with van der Waals surface area (Å²) in [6, 6.07) is 10.4. The van der Waals surface area contributed by atoms with Crippen LogP contribution in [0, 0.1) is 0 Å². The molecule has 27 heavy (non-hydrogen) atoms. The number of esters is 1. The molecule has 3 rings (SSSR count). The summed E-state index contributed by atoms with van der Waals surface area (Å²) >= 11 is 5.91. The molecule has 0 saturated heterocycles. The number of amides is 1. The monoisotopic (exact) mass is 388 g/mol. The molecule has 0 radical (unpaired) electrons. The van der Waals surface area contributed by atoms with Gasteiger partial charge in [0.15, 0.2) is 11.3 Å². The molecule has 2 aromatic heterocycles. The lowest BCUT2D eigenvalue weighted by atomic mass is 10.1. The van der Waals surface area contributed by atoms with E-state index in [4.69, 9.17) is 25.5 Å². The summed E-state index contributed by atoms with van der Waals surface area (Å²) in [6.45, 7) is 1.63. The second-order valence-electron chi connectivity index (χ2n) is 5.72. The molecule has 3 aromatic rings. The second kappa shape index (κ2) is 8.20. The van der Waals surface area contributed by atoms with E-state index in [0.29, 0.717) is 16.8 Å². The summed E-state index contributed by atoms with van der Waals surface area (Å²) in [5.74, 6) is -1.28. The van der Waals surface area contributed by atoms with E-state index in [1.807, 2.05) is 12.1 Å². The van der Waals surface area contributed by atoms with Crippen LogP contribution in [-0.4, -0.2) is 30.1 Å². The predicted octanol–water partition coefficient (Wildman–Crippen LogP) is 3.81. The fourth-order valence-corrected chi connectivity index (χ4v) is 2.70. The fourth-order valence-electron chi connectivity index (χ4n) is 2.53. The zero-order valence-corrected chi connectivity index (χ0v) is 15.4. The van der Waals surface area contributed by atoms with Gasteiger partial charge >= 0.3 is 5.97 Å². The summed E-state index contributed by atoms with van der Waals surface area (Å²) in [7, 11) is 1.52. The van der Waals surface area contributed by atoms with E-state index in [0.717, 1.165) is 5.39 Å². The zero-order chi connectivity index (χ0) is 19.4. The van der Waals surface area contributed by atoms with Crippen LogP contribution in [0.1, 0.15) is 23.0 Å². The second-order valence-corrected chi connectivity index (χ2v) is 6.08. The fraction of sp³-hybridized carbons (Fsp3) is 0.211. The van der Waals surface area contributed by atoms with Crippen molar-refractivity contribution in [3.63, 3.8) is 0 Å². The number of pyridine rings is 1. The van der Waals surface area contributed by atoms with E-state index in [9.17, 15) is 9.59 Å². The summed E-state index contributed by atoms with van der Waals surface area (Å²) < 4.78 is 16.0. The summed E-state index contributed by atoms with van der Waals surface area (Å²) in [6.07, 6.45) is 0.428. The third kappa shape index (κ3) is 4.10. The molecule has 1 atom stereocenters. The number of nitrogens with zero attached hydrogens (tertiary/aromatic N) is 1. The van der Waals surface area contributed by atoms with E-state index in [1.165, 1.54) is 20.2 Å². The molecule has 0 bridgehead atoms. The minimum absolute atomic E-state index is 0.0112. The Labute approximate surface area is 160 Å². The van der Waals surface area contributed by atoms with Gasteiger partial charge in [-0.05, 0) is 25.1 Å². The van der Waals surface area contributed by atoms with Crippen LogP contribution in [0.5, 0.6) is 0 Å². The number of anilines is 1. The van der Waals surface area contributed by atoms with Crippen LogP contribution >= 0.6 is 11.6 Å². The average molecular weight is 389 g/mol. The smallest absolute Gasteiger partial charge is 0.375 e. The van der Waals surface area contributed by atoms with Crippen LogP contribution in [0.2, 0.25) is 5.15 Å². The molecule has 0 spiro atoms. The van der Waals surface area contributed by atoms with Gasteiger partial charge < -0.3 is 19.2 Å². The van der Waals surface area contributed by atoms with Crippen LogP contribution in [0.25, 0.3) is 11.0 Å². The van der Waals surface area contributed by atoms with Crippen LogP contribution in [0.15, 0.2) is 47.0 Å². The molecule has 2 heterocycles. The first kappa shape index (κ1) is 18.9. The number of para-hydroxylation sites is 1. The molecule has 7 nitrogen and oxygen atoms in total. The molecule has 0 saturated carbocycles. The molecular formula is C19H17ClN2O5. The van der Waals surface area contributed by atoms with Crippen molar-refractivity contribution in [1.82, 2.24) is 4.98 Å². The first-order chi connectivity index (χ1) is 13.0. The van der Waals surface area contributed by atoms with Gasteiger partial charge in [-0.2, -0.15) is 0 Å². The van der Waals surface area contributed by atoms with Gasteiger partial charge in [-0.1, -0.05) is 29.8 Å². The zero-order valence-electron chi connectivity index (χ0n) is 14.7. The number of carbonyl (C=O) groups excluding carboxylic acids is 2. The van der Waals surface area contributed by atoms with E-state index in [2.05, 4.69) is 10.3 Å². The van der Waals surface area contributed by atoms with E-state index < -0.39 is 18.0 Å². The van der Waals surface area contributed by atoms with Crippen molar-refractivity contribution in [2.24, 2.45) is 0 Å². The van der Waals surface area contributed by atoms with Crippen LogP contribution < -0.4 is 5.32 Å². The Morgan fingerprint density at radius 3 is 2.78 bits per heavy atom. The Kier molecular flexibility index (Phi) is 5.73. The van der Waals surface area contributed by atoms with E-state index in [1.54, 1.807) is 24.3 Å². The number of carbonyl (C=O) groups is 2. The number of benzene rings is 1. The maximum atomic E-state index is 12.6. The first-order valence-electron chi connectivity index (χ1n) is 8.13. The lowest BCUT2D eigenvalue weighted by Gasteiger charge is -2.13. The highest BCUT2D eigenvalue weighted by molar-refractivity contribution is 6.32. The Morgan fingerprint density at radius 1 is 1.26 bits per heavy atom. The Balaban J connectivity index is 1.76. The lowest BCUT2D eigenvalue weighted by molar-refractivity contribution is -0.123. The lowest BCUT2D eigenvalue weighted by Crippen LogP contribution is -2.30. The predicted molar refractivity (Wildman–Crippen MR) is 99.7 cm³/mol. The van der Waals surface area contributed by atoms with Crippen molar-refractivity contribution in [2.45, 2.75) is 19.6 Å². The number of methoxy groups -OCH3 is 1. The van der Waals surface area contributed by atoms with E-state index >= 15 is 0 Å². The Bertz CT molecular complexity index is 985. The van der Waals surface area contributed by atoms with Gasteiger partial charge in [0.05, 0.1) is 12.3 Å². The number of ether oxygens (including phenoxy) is 2. The van der Waals surface area contributed by atoms with Gasteiger partial charge in [-0.25, -0.2) is 9.78 Å². The van der Waals surface area contributed by atoms with Gasteiger partial charge in [0.2, 0.25) is 5.76 Å². The number of hydrogen-bond donors (Lipinski definition) is 1. The highest BCUT2D eigenvalue weighted by Crippen LogP contribution is 2.27. The molecule has 0 unspecified atom stereocenters. The number of halogens is 1. The molecule has 1 aromatic carbocycles. The van der Waals surface area contributed by atoms with Crippen molar-refractivity contribution >= 4 is 40.1 Å². The highest BCUT2D eigenvalue weighted by Gasteiger charge is 2.26. The van der Waals surface area contributed by atoms with Crippen LogP contribution in [0.3, 0.4) is 0 Å². The third-order valence-corrected chi connectivity index (χ3v) is 4.14. The summed E-state index contributed by atoms with van der Waals surface area (Å²) in [5.41, 5.74) is 1.44. The molecule has 1 amide bonds. The number of rotatable bonds is 6. The number of fused-ring (bicyclic) bond motifs is 1. The van der Waals surface area contributed by atoms with Gasteiger partial charge in [-0.15, -0.1) is 0 Å². The van der Waals surface area contributed by atoms with Crippen molar-refractivity contribution in [3.8, 4) is 0 Å². The standard InChI is InChI=1S/C19H17ClN2O5/c1-11(18(23)22-14-7-5-9-21-17(14)20)26-19(24)16-13(10-25-2)12-6-3-4-8-15(12)27-16/h3-9,11H,10H2,1-2H3,(H,22,23)/t11-/m0/s1. The SMILES string of the molecule is COCc1c(C(=O)O[C@@H](C)C(=O)Nc2cccnc2Cl)oc2ccccc12. The average Bonchev–Trinajstić information content (AvgIpc) is 3.03. The van der Waals surface area contributed by atoms with Crippen molar-refractivity contribution in [3.05, 3.63) is 59.1 Å². The molecule has 0 aliphatic carbocycles. The van der Waals surface area contributed by atoms with Crippen LogP contribution in [0.4, 0.5) is 5.69 Å².